The molecular formula is C14H27NO. The molecular weight excluding hydrogens is 198 g/mol. The van der Waals surface area contributed by atoms with Crippen LogP contribution in [0.25, 0.3) is 0 Å². The van der Waals surface area contributed by atoms with Gasteiger partial charge in [-0.1, -0.05) is 20.8 Å². The highest BCUT2D eigenvalue weighted by Crippen LogP contribution is 2.30. The summed E-state index contributed by atoms with van der Waals surface area (Å²) in [6, 6.07) is 0. The molecule has 1 heterocycles. The van der Waals surface area contributed by atoms with Crippen LogP contribution in [0.15, 0.2) is 0 Å². The van der Waals surface area contributed by atoms with Crippen molar-refractivity contribution in [1.82, 2.24) is 4.90 Å². The minimum Gasteiger partial charge on any atom is -0.297 e. The van der Waals surface area contributed by atoms with Gasteiger partial charge in [-0.2, -0.15) is 0 Å². The minimum absolute atomic E-state index is 0.201. The van der Waals surface area contributed by atoms with Gasteiger partial charge in [0.1, 0.15) is 0 Å². The largest absolute Gasteiger partial charge is 0.297 e. The smallest absolute Gasteiger partial charge is 0.155 e. The summed E-state index contributed by atoms with van der Waals surface area (Å²) in [5, 5.41) is 0. The molecule has 1 unspecified atom stereocenters. The quantitative estimate of drug-likeness (QED) is 0.691. The van der Waals surface area contributed by atoms with Crippen LogP contribution in [0.3, 0.4) is 0 Å². The predicted octanol–water partition coefficient (Wildman–Crippen LogP) is 3.26. The van der Waals surface area contributed by atoms with E-state index in [2.05, 4.69) is 32.6 Å². The Labute approximate surface area is 100 Å². The van der Waals surface area contributed by atoms with Crippen molar-refractivity contribution in [3.63, 3.8) is 0 Å². The second kappa shape index (κ2) is 5.81. The molecule has 0 saturated carbocycles. The van der Waals surface area contributed by atoms with Gasteiger partial charge in [0.15, 0.2) is 5.78 Å². The van der Waals surface area contributed by atoms with Crippen LogP contribution in [0.4, 0.5) is 0 Å². The first-order valence-electron chi connectivity index (χ1n) is 6.89. The van der Waals surface area contributed by atoms with Crippen molar-refractivity contribution in [2.45, 2.75) is 65.3 Å². The number of Topliss-reactive ketones (excluding diaryl/α,β-unsaturated/α-hetero) is 1. The Morgan fingerprint density at radius 1 is 1.19 bits per heavy atom. The lowest BCUT2D eigenvalue weighted by atomic mass is 9.81. The third kappa shape index (κ3) is 2.48. The van der Waals surface area contributed by atoms with Crippen LogP contribution < -0.4 is 0 Å². The average molecular weight is 225 g/mol. The Bertz CT molecular complexity index is 229. The van der Waals surface area contributed by atoms with Gasteiger partial charge in [0.25, 0.3) is 0 Å². The molecule has 1 rings (SSSR count). The van der Waals surface area contributed by atoms with Crippen molar-refractivity contribution in [3.05, 3.63) is 0 Å². The fourth-order valence-corrected chi connectivity index (χ4v) is 2.86. The third-order valence-corrected chi connectivity index (χ3v) is 4.38. The molecule has 0 aliphatic carbocycles. The maximum Gasteiger partial charge on any atom is 0.155 e. The zero-order valence-electron chi connectivity index (χ0n) is 11.4. The third-order valence-electron chi connectivity index (χ3n) is 4.38. The average Bonchev–Trinajstić information content (AvgIpc) is 2.83. The van der Waals surface area contributed by atoms with E-state index in [0.29, 0.717) is 5.78 Å². The fourth-order valence-electron chi connectivity index (χ4n) is 2.86. The number of nitrogens with zero attached hydrogens (tertiary/aromatic N) is 1. The summed E-state index contributed by atoms with van der Waals surface area (Å²) >= 11 is 0. The maximum absolute atomic E-state index is 12.6. The van der Waals surface area contributed by atoms with Gasteiger partial charge < -0.3 is 0 Å². The van der Waals surface area contributed by atoms with Crippen LogP contribution in [0, 0.1) is 5.92 Å². The highest BCUT2D eigenvalue weighted by Gasteiger charge is 2.40. The Kier molecular flexibility index (Phi) is 4.97. The van der Waals surface area contributed by atoms with Gasteiger partial charge in [0, 0.05) is 5.92 Å². The van der Waals surface area contributed by atoms with Crippen LogP contribution in [-0.4, -0.2) is 29.3 Å². The summed E-state index contributed by atoms with van der Waals surface area (Å²) in [6.07, 6.45) is 5.43. The number of hydrogen-bond donors (Lipinski definition) is 0. The molecule has 0 spiro atoms. The van der Waals surface area contributed by atoms with Gasteiger partial charge >= 0.3 is 0 Å². The van der Waals surface area contributed by atoms with Crippen molar-refractivity contribution < 1.29 is 4.79 Å². The molecule has 2 nitrogen and oxygen atoms in total. The van der Waals surface area contributed by atoms with E-state index in [-0.39, 0.29) is 11.5 Å². The number of likely N-dealkylation sites (tertiary alicyclic amines) is 1. The minimum atomic E-state index is -0.201. The molecule has 1 saturated heterocycles. The summed E-state index contributed by atoms with van der Waals surface area (Å²) in [5.74, 6) is 0.729. The lowest BCUT2D eigenvalue weighted by Gasteiger charge is -2.39. The number of carbonyl (C=O) groups is 1. The summed E-state index contributed by atoms with van der Waals surface area (Å²) in [7, 11) is 0. The van der Waals surface area contributed by atoms with Crippen molar-refractivity contribution in [2.24, 2.45) is 5.92 Å². The summed E-state index contributed by atoms with van der Waals surface area (Å²) in [5.41, 5.74) is -0.201. The lowest BCUT2D eigenvalue weighted by molar-refractivity contribution is -0.134. The van der Waals surface area contributed by atoms with Gasteiger partial charge in [-0.25, -0.2) is 0 Å². The molecule has 0 N–H and O–H groups in total. The van der Waals surface area contributed by atoms with Crippen LogP contribution in [0.1, 0.15) is 59.8 Å². The molecule has 1 aliphatic heterocycles. The highest BCUT2D eigenvalue weighted by atomic mass is 16.1. The van der Waals surface area contributed by atoms with E-state index in [4.69, 9.17) is 0 Å². The van der Waals surface area contributed by atoms with Crippen molar-refractivity contribution in [1.29, 1.82) is 0 Å². The SMILES string of the molecule is CCC(CC)C(=O)C(C)(CC)N1CCCC1. The topological polar surface area (TPSA) is 20.3 Å². The zero-order chi connectivity index (χ0) is 12.2. The van der Waals surface area contributed by atoms with E-state index in [0.717, 1.165) is 32.4 Å². The van der Waals surface area contributed by atoms with Crippen molar-refractivity contribution in [2.75, 3.05) is 13.1 Å². The molecule has 1 atom stereocenters. The summed E-state index contributed by atoms with van der Waals surface area (Å²) in [4.78, 5) is 15.0. The fraction of sp³-hybridized carbons (Fsp3) is 0.929. The van der Waals surface area contributed by atoms with Crippen LogP contribution >= 0.6 is 0 Å². The molecule has 16 heavy (non-hydrogen) atoms. The van der Waals surface area contributed by atoms with E-state index >= 15 is 0 Å². The van der Waals surface area contributed by atoms with Gasteiger partial charge in [0.05, 0.1) is 5.54 Å². The molecule has 0 aromatic rings. The molecule has 2 heteroatoms. The number of carbonyl (C=O) groups excluding carboxylic acids is 1. The van der Waals surface area contributed by atoms with Gasteiger partial charge in [-0.3, -0.25) is 9.69 Å². The molecule has 0 aromatic heterocycles. The van der Waals surface area contributed by atoms with E-state index in [1.165, 1.54) is 12.8 Å². The van der Waals surface area contributed by atoms with Gasteiger partial charge in [-0.05, 0) is 52.1 Å². The van der Waals surface area contributed by atoms with Gasteiger partial charge in [-0.15, -0.1) is 0 Å². The van der Waals surface area contributed by atoms with Crippen LogP contribution in [-0.2, 0) is 4.79 Å². The molecule has 94 valence electrons. The Hall–Kier alpha value is -0.370. The Morgan fingerprint density at radius 3 is 2.06 bits per heavy atom. The number of ketones is 1. The van der Waals surface area contributed by atoms with E-state index < -0.39 is 0 Å². The first-order valence-corrected chi connectivity index (χ1v) is 6.89. The molecule has 1 fully saturated rings. The number of rotatable bonds is 6. The van der Waals surface area contributed by atoms with E-state index in [1.807, 2.05) is 0 Å². The second-order valence-electron chi connectivity index (χ2n) is 5.20. The zero-order valence-corrected chi connectivity index (χ0v) is 11.4. The first-order chi connectivity index (χ1) is 7.60. The second-order valence-corrected chi connectivity index (χ2v) is 5.20. The van der Waals surface area contributed by atoms with Crippen LogP contribution in [0.2, 0.25) is 0 Å². The molecule has 0 bridgehead atoms. The van der Waals surface area contributed by atoms with Crippen molar-refractivity contribution in [3.8, 4) is 0 Å². The molecule has 0 amide bonds. The molecule has 0 radical (unpaired) electrons. The van der Waals surface area contributed by atoms with Crippen LogP contribution in [0.5, 0.6) is 0 Å². The molecule has 1 aliphatic rings. The maximum atomic E-state index is 12.6. The summed E-state index contributed by atoms with van der Waals surface area (Å²) in [6.45, 7) is 10.8. The van der Waals surface area contributed by atoms with E-state index in [9.17, 15) is 4.79 Å². The lowest BCUT2D eigenvalue weighted by Crippen LogP contribution is -2.52. The molecule has 0 aromatic carbocycles. The Morgan fingerprint density at radius 2 is 1.69 bits per heavy atom. The monoisotopic (exact) mass is 225 g/mol. The Balaban J connectivity index is 2.81. The highest BCUT2D eigenvalue weighted by molar-refractivity contribution is 5.90. The van der Waals surface area contributed by atoms with E-state index in [1.54, 1.807) is 0 Å². The predicted molar refractivity (Wildman–Crippen MR) is 68.6 cm³/mol. The van der Waals surface area contributed by atoms with Crippen molar-refractivity contribution >= 4 is 5.78 Å². The normalized spacial score (nSPS) is 21.3. The first kappa shape index (κ1) is 13.7. The summed E-state index contributed by atoms with van der Waals surface area (Å²) < 4.78 is 0. The van der Waals surface area contributed by atoms with Gasteiger partial charge in [0.2, 0.25) is 0 Å². The number of hydrogen-bond acceptors (Lipinski definition) is 2. The standard InChI is InChI=1S/C14H27NO/c1-5-12(6-2)13(16)14(4,7-3)15-10-8-9-11-15/h12H,5-11H2,1-4H3.